The number of hydrogen-bond donors (Lipinski definition) is 1. The molecule has 1 heterocycles. The lowest BCUT2D eigenvalue weighted by atomic mass is 9.81. The lowest BCUT2D eigenvalue weighted by Gasteiger charge is -2.30. The third-order valence-corrected chi connectivity index (χ3v) is 3.46. The van der Waals surface area contributed by atoms with Crippen molar-refractivity contribution in [3.05, 3.63) is 35.6 Å². The molecule has 0 spiro atoms. The molecule has 1 saturated heterocycles. The summed E-state index contributed by atoms with van der Waals surface area (Å²) in [7, 11) is 0. The molecule has 0 saturated carbocycles. The first-order valence-corrected chi connectivity index (χ1v) is 6.80. The van der Waals surface area contributed by atoms with Crippen LogP contribution in [0.2, 0.25) is 0 Å². The van der Waals surface area contributed by atoms with E-state index in [1.54, 1.807) is 12.1 Å². The summed E-state index contributed by atoms with van der Waals surface area (Å²) in [6, 6.07) is 5.93. The molecule has 1 aromatic carbocycles. The second-order valence-corrected chi connectivity index (χ2v) is 4.94. The second-order valence-electron chi connectivity index (χ2n) is 4.94. The zero-order valence-electron chi connectivity index (χ0n) is 11.4. The van der Waals surface area contributed by atoms with Crippen molar-refractivity contribution in [2.75, 3.05) is 13.2 Å². The van der Waals surface area contributed by atoms with Crippen molar-refractivity contribution in [3.8, 4) is 0 Å². The third kappa shape index (κ3) is 3.35. The highest BCUT2D eigenvalue weighted by Crippen LogP contribution is 2.31. The first kappa shape index (κ1) is 14.5. The number of carbonyl (C=O) groups is 2. The van der Waals surface area contributed by atoms with Crippen LogP contribution in [0.4, 0.5) is 4.39 Å². The fourth-order valence-electron chi connectivity index (χ4n) is 2.40. The van der Waals surface area contributed by atoms with E-state index in [4.69, 9.17) is 4.74 Å². The van der Waals surface area contributed by atoms with Gasteiger partial charge in [0, 0.05) is 18.9 Å². The van der Waals surface area contributed by atoms with Gasteiger partial charge in [0.25, 0.3) is 0 Å². The number of halogens is 1. The lowest BCUT2D eigenvalue weighted by molar-refractivity contribution is -0.150. The van der Waals surface area contributed by atoms with E-state index in [0.29, 0.717) is 6.61 Å². The van der Waals surface area contributed by atoms with Gasteiger partial charge in [-0.15, -0.1) is 0 Å². The standard InChI is InChI=1S/C15H18FNO3/c1-2-7-20-15(19)13-9-17-14(18)8-12(13)10-3-5-11(16)6-4-10/h3-6,12-13H,2,7-9H2,1H3,(H,17,18). The molecule has 108 valence electrons. The van der Waals surface area contributed by atoms with Gasteiger partial charge in [-0.3, -0.25) is 9.59 Å². The molecule has 1 amide bonds. The largest absolute Gasteiger partial charge is 0.465 e. The molecule has 2 atom stereocenters. The van der Waals surface area contributed by atoms with Crippen molar-refractivity contribution >= 4 is 11.9 Å². The molecule has 20 heavy (non-hydrogen) atoms. The lowest BCUT2D eigenvalue weighted by Crippen LogP contribution is -2.43. The van der Waals surface area contributed by atoms with E-state index in [0.717, 1.165) is 12.0 Å². The highest BCUT2D eigenvalue weighted by molar-refractivity contribution is 5.83. The van der Waals surface area contributed by atoms with Gasteiger partial charge in [0.15, 0.2) is 0 Å². The van der Waals surface area contributed by atoms with E-state index in [1.165, 1.54) is 12.1 Å². The number of rotatable bonds is 4. The van der Waals surface area contributed by atoms with Gasteiger partial charge in [0.2, 0.25) is 5.91 Å². The molecular formula is C15H18FNO3. The molecule has 0 aromatic heterocycles. The maximum Gasteiger partial charge on any atom is 0.311 e. The van der Waals surface area contributed by atoms with E-state index in [9.17, 15) is 14.0 Å². The number of piperidine rings is 1. The Morgan fingerprint density at radius 1 is 1.40 bits per heavy atom. The summed E-state index contributed by atoms with van der Waals surface area (Å²) in [4.78, 5) is 23.6. The third-order valence-electron chi connectivity index (χ3n) is 3.46. The molecule has 2 rings (SSSR count). The quantitative estimate of drug-likeness (QED) is 0.858. The monoisotopic (exact) mass is 279 g/mol. The Hall–Kier alpha value is -1.91. The summed E-state index contributed by atoms with van der Waals surface area (Å²) >= 11 is 0. The number of benzene rings is 1. The van der Waals surface area contributed by atoms with Crippen LogP contribution in [-0.2, 0) is 14.3 Å². The van der Waals surface area contributed by atoms with E-state index in [1.807, 2.05) is 6.92 Å². The Balaban J connectivity index is 2.17. The van der Waals surface area contributed by atoms with Gasteiger partial charge in [0.05, 0.1) is 12.5 Å². The Labute approximate surface area is 117 Å². The van der Waals surface area contributed by atoms with E-state index in [2.05, 4.69) is 5.32 Å². The number of esters is 1. The molecule has 2 unspecified atom stereocenters. The van der Waals surface area contributed by atoms with Crippen molar-refractivity contribution in [1.82, 2.24) is 5.32 Å². The molecule has 0 bridgehead atoms. The molecule has 0 aliphatic carbocycles. The van der Waals surface area contributed by atoms with Crippen LogP contribution in [-0.4, -0.2) is 25.0 Å². The molecule has 1 fully saturated rings. The zero-order chi connectivity index (χ0) is 14.5. The molecule has 1 aliphatic heterocycles. The van der Waals surface area contributed by atoms with Crippen LogP contribution < -0.4 is 5.32 Å². The van der Waals surface area contributed by atoms with E-state index in [-0.39, 0.29) is 36.6 Å². The molecule has 1 aliphatic rings. The second kappa shape index (κ2) is 6.50. The molecule has 1 N–H and O–H groups in total. The Kier molecular flexibility index (Phi) is 4.71. The average Bonchev–Trinajstić information content (AvgIpc) is 2.45. The van der Waals surface area contributed by atoms with Crippen molar-refractivity contribution in [2.45, 2.75) is 25.7 Å². The maximum atomic E-state index is 13.0. The maximum absolute atomic E-state index is 13.0. The zero-order valence-corrected chi connectivity index (χ0v) is 11.4. The molecule has 4 nitrogen and oxygen atoms in total. The van der Waals surface area contributed by atoms with Crippen LogP contribution in [0.15, 0.2) is 24.3 Å². The average molecular weight is 279 g/mol. The molecule has 5 heteroatoms. The minimum Gasteiger partial charge on any atom is -0.465 e. The Bertz CT molecular complexity index is 486. The molecular weight excluding hydrogens is 261 g/mol. The van der Waals surface area contributed by atoms with Crippen LogP contribution in [0.5, 0.6) is 0 Å². The summed E-state index contributed by atoms with van der Waals surface area (Å²) in [5.41, 5.74) is 0.791. The topological polar surface area (TPSA) is 55.4 Å². The summed E-state index contributed by atoms with van der Waals surface area (Å²) in [5, 5.41) is 2.69. The highest BCUT2D eigenvalue weighted by atomic mass is 19.1. The molecule has 0 radical (unpaired) electrons. The van der Waals surface area contributed by atoms with Crippen LogP contribution in [0.25, 0.3) is 0 Å². The van der Waals surface area contributed by atoms with Crippen LogP contribution in [0.1, 0.15) is 31.2 Å². The van der Waals surface area contributed by atoms with Gasteiger partial charge >= 0.3 is 5.97 Å². The van der Waals surface area contributed by atoms with Crippen LogP contribution >= 0.6 is 0 Å². The van der Waals surface area contributed by atoms with Gasteiger partial charge in [-0.1, -0.05) is 19.1 Å². The normalized spacial score (nSPS) is 22.2. The van der Waals surface area contributed by atoms with Crippen molar-refractivity contribution in [1.29, 1.82) is 0 Å². The summed E-state index contributed by atoms with van der Waals surface area (Å²) in [6.07, 6.45) is 0.976. The Morgan fingerprint density at radius 3 is 2.75 bits per heavy atom. The van der Waals surface area contributed by atoms with Gasteiger partial charge in [0.1, 0.15) is 5.82 Å². The summed E-state index contributed by atoms with van der Waals surface area (Å²) in [6.45, 7) is 2.57. The summed E-state index contributed by atoms with van der Waals surface area (Å²) in [5.74, 6) is -1.41. The first-order valence-electron chi connectivity index (χ1n) is 6.80. The Morgan fingerprint density at radius 2 is 2.10 bits per heavy atom. The number of nitrogens with one attached hydrogen (secondary N) is 1. The van der Waals surface area contributed by atoms with Crippen molar-refractivity contribution < 1.29 is 18.7 Å². The van der Waals surface area contributed by atoms with Crippen molar-refractivity contribution in [3.63, 3.8) is 0 Å². The number of carbonyl (C=O) groups excluding carboxylic acids is 2. The number of hydrogen-bond acceptors (Lipinski definition) is 3. The predicted molar refractivity (Wildman–Crippen MR) is 71.5 cm³/mol. The SMILES string of the molecule is CCCOC(=O)C1CNC(=O)CC1c1ccc(F)cc1. The highest BCUT2D eigenvalue weighted by Gasteiger charge is 2.36. The van der Waals surface area contributed by atoms with Gasteiger partial charge in [-0.05, 0) is 24.1 Å². The number of amides is 1. The summed E-state index contributed by atoms with van der Waals surface area (Å²) < 4.78 is 18.2. The first-order chi connectivity index (χ1) is 9.61. The van der Waals surface area contributed by atoms with Gasteiger partial charge < -0.3 is 10.1 Å². The van der Waals surface area contributed by atoms with E-state index >= 15 is 0 Å². The van der Waals surface area contributed by atoms with Crippen LogP contribution in [0.3, 0.4) is 0 Å². The minimum absolute atomic E-state index is 0.0983. The van der Waals surface area contributed by atoms with Gasteiger partial charge in [-0.2, -0.15) is 0 Å². The smallest absolute Gasteiger partial charge is 0.311 e. The fraction of sp³-hybridized carbons (Fsp3) is 0.467. The van der Waals surface area contributed by atoms with E-state index < -0.39 is 5.92 Å². The number of ether oxygens (including phenoxy) is 1. The fourth-order valence-corrected chi connectivity index (χ4v) is 2.40. The van der Waals surface area contributed by atoms with Gasteiger partial charge in [-0.25, -0.2) is 4.39 Å². The molecule has 1 aromatic rings. The minimum atomic E-state index is -0.412. The van der Waals surface area contributed by atoms with Crippen molar-refractivity contribution in [2.24, 2.45) is 5.92 Å². The predicted octanol–water partition coefficient (Wildman–Crippen LogP) is 2.00. The van der Waals surface area contributed by atoms with Crippen LogP contribution in [0, 0.1) is 11.7 Å².